The zero-order valence-electron chi connectivity index (χ0n) is 16.6. The minimum atomic E-state index is -4.27. The number of nitrogens with zero attached hydrogens (tertiary/aromatic N) is 1. The quantitative estimate of drug-likeness (QED) is 0.460. The van der Waals surface area contributed by atoms with Gasteiger partial charge in [0.25, 0.3) is 5.56 Å². The lowest BCUT2D eigenvalue weighted by molar-refractivity contribution is -0.179. The fourth-order valence-corrected chi connectivity index (χ4v) is 4.59. The van der Waals surface area contributed by atoms with Crippen LogP contribution in [0.3, 0.4) is 0 Å². The zero-order chi connectivity index (χ0) is 23.1. The third kappa shape index (κ3) is 4.12. The van der Waals surface area contributed by atoms with Crippen LogP contribution in [0, 0.1) is 0 Å². The van der Waals surface area contributed by atoms with E-state index < -0.39 is 55.8 Å². The number of fused-ring (bicyclic) bond motifs is 1. The summed E-state index contributed by atoms with van der Waals surface area (Å²) in [6.07, 6.45) is -2.77. The van der Waals surface area contributed by atoms with Crippen LogP contribution in [-0.2, 0) is 25.0 Å². The molecule has 0 radical (unpaired) electrons. The molecule has 2 aliphatic heterocycles. The molecular formula is C18H18FN2O10P. The molecule has 0 amide bonds. The second-order valence-electron chi connectivity index (χ2n) is 7.07. The van der Waals surface area contributed by atoms with Crippen molar-refractivity contribution in [3.8, 4) is 11.5 Å². The van der Waals surface area contributed by atoms with Gasteiger partial charge in [0.1, 0.15) is 12.7 Å². The smallest absolute Gasteiger partial charge is 0.493 e. The molecule has 4 atom stereocenters. The molecule has 3 heterocycles. The fourth-order valence-electron chi connectivity index (χ4n) is 3.33. The molecule has 1 fully saturated rings. The number of para-hydroxylation sites is 1. The highest BCUT2D eigenvalue weighted by Gasteiger charge is 2.50. The van der Waals surface area contributed by atoms with Crippen molar-refractivity contribution in [2.24, 2.45) is 0 Å². The van der Waals surface area contributed by atoms with E-state index in [1.165, 1.54) is 7.11 Å². The SMILES string of the molecule is COc1cccc2c1OP(=O)(OC[C@]1(F)C[C@@H](O)[C@H](n3cc(C=O)c(=O)[nH]c3=O)O1)OC2. The average molecular weight is 472 g/mol. The number of aliphatic hydroxyl groups is 1. The topological polar surface area (TPSA) is 155 Å². The zero-order valence-corrected chi connectivity index (χ0v) is 17.5. The first-order valence-electron chi connectivity index (χ1n) is 9.27. The normalized spacial score (nSPS) is 29.2. The summed E-state index contributed by atoms with van der Waals surface area (Å²) in [4.78, 5) is 36.4. The molecule has 172 valence electrons. The molecule has 32 heavy (non-hydrogen) atoms. The monoisotopic (exact) mass is 472 g/mol. The number of carbonyl (C=O) groups excluding carboxylic acids is 1. The molecule has 1 aromatic heterocycles. The van der Waals surface area contributed by atoms with Crippen LogP contribution in [0.15, 0.2) is 34.0 Å². The van der Waals surface area contributed by atoms with Gasteiger partial charge in [-0.1, -0.05) is 12.1 Å². The van der Waals surface area contributed by atoms with Crippen molar-refractivity contribution in [1.82, 2.24) is 9.55 Å². The number of carbonyl (C=O) groups is 1. The van der Waals surface area contributed by atoms with Gasteiger partial charge in [0, 0.05) is 18.2 Å². The van der Waals surface area contributed by atoms with Crippen molar-refractivity contribution in [3.05, 3.63) is 56.4 Å². The number of halogens is 1. The molecule has 2 N–H and O–H groups in total. The van der Waals surface area contributed by atoms with E-state index in [1.54, 1.807) is 18.2 Å². The van der Waals surface area contributed by atoms with Crippen LogP contribution in [0.25, 0.3) is 0 Å². The number of ether oxygens (including phenoxy) is 2. The van der Waals surface area contributed by atoms with Gasteiger partial charge in [0.2, 0.25) is 5.85 Å². The first kappa shape index (κ1) is 22.4. The molecule has 4 rings (SSSR count). The van der Waals surface area contributed by atoms with Crippen molar-refractivity contribution in [3.63, 3.8) is 0 Å². The van der Waals surface area contributed by atoms with E-state index in [-0.39, 0.29) is 24.4 Å². The lowest BCUT2D eigenvalue weighted by atomic mass is 10.2. The van der Waals surface area contributed by atoms with Gasteiger partial charge >= 0.3 is 13.5 Å². The van der Waals surface area contributed by atoms with Gasteiger partial charge in [0.05, 0.1) is 19.3 Å². The number of hydrogen-bond donors (Lipinski definition) is 2. The summed E-state index contributed by atoms with van der Waals surface area (Å²) in [6, 6.07) is 4.91. The van der Waals surface area contributed by atoms with Gasteiger partial charge in [-0.2, -0.15) is 0 Å². The summed E-state index contributed by atoms with van der Waals surface area (Å²) in [5.74, 6) is -2.28. The van der Waals surface area contributed by atoms with E-state index in [2.05, 4.69) is 0 Å². The van der Waals surface area contributed by atoms with Crippen LogP contribution in [0.5, 0.6) is 11.5 Å². The number of phosphoric ester groups is 1. The van der Waals surface area contributed by atoms with Crippen molar-refractivity contribution in [2.75, 3.05) is 13.7 Å². The molecule has 2 aliphatic rings. The summed E-state index contributed by atoms with van der Waals surface area (Å²) in [5, 5.41) is 10.2. The molecule has 1 saturated heterocycles. The highest BCUT2D eigenvalue weighted by molar-refractivity contribution is 7.49. The maximum atomic E-state index is 15.2. The van der Waals surface area contributed by atoms with Gasteiger partial charge in [-0.25, -0.2) is 13.8 Å². The number of aldehydes is 1. The largest absolute Gasteiger partial charge is 0.530 e. The van der Waals surface area contributed by atoms with E-state index in [0.717, 1.165) is 6.20 Å². The van der Waals surface area contributed by atoms with Crippen LogP contribution in [0.1, 0.15) is 28.6 Å². The minimum absolute atomic E-state index is 0.129. The number of aromatic nitrogens is 2. The number of nitrogens with one attached hydrogen (secondary N) is 1. The van der Waals surface area contributed by atoms with Crippen LogP contribution in [0.4, 0.5) is 4.39 Å². The standard InChI is InChI=1S/C18H18FN2O10P/c1-27-13-4-2-3-10-8-28-32(26,31-14(10)13)29-9-18(19)5-12(23)16(30-18)21-6-11(7-22)15(24)20-17(21)25/h2-4,6-7,12,16,23H,5,8-9H2,1H3,(H,20,24,25)/t12-,16-,18+,32?/m1/s1. The van der Waals surface area contributed by atoms with Crippen LogP contribution < -0.4 is 20.5 Å². The van der Waals surface area contributed by atoms with Crippen LogP contribution in [-0.4, -0.2) is 46.6 Å². The Kier molecular flexibility index (Phi) is 5.77. The highest BCUT2D eigenvalue weighted by atomic mass is 31.2. The minimum Gasteiger partial charge on any atom is -0.493 e. The molecule has 1 unspecified atom stereocenters. The third-order valence-electron chi connectivity index (χ3n) is 4.87. The number of rotatable bonds is 6. The molecule has 14 heteroatoms. The number of methoxy groups -OCH3 is 1. The average Bonchev–Trinajstić information content (AvgIpc) is 3.06. The Morgan fingerprint density at radius 1 is 1.44 bits per heavy atom. The molecule has 1 aromatic carbocycles. The number of aromatic amines is 1. The Balaban J connectivity index is 1.50. The predicted molar refractivity (Wildman–Crippen MR) is 103 cm³/mol. The summed E-state index contributed by atoms with van der Waals surface area (Å²) in [7, 11) is -2.88. The number of alkyl halides is 1. The van der Waals surface area contributed by atoms with E-state index in [0.29, 0.717) is 10.1 Å². The molecule has 0 aliphatic carbocycles. The number of phosphoric acid groups is 1. The van der Waals surface area contributed by atoms with E-state index in [4.69, 9.17) is 23.0 Å². The van der Waals surface area contributed by atoms with Gasteiger partial charge in [-0.3, -0.25) is 28.2 Å². The van der Waals surface area contributed by atoms with E-state index >= 15 is 4.39 Å². The number of benzene rings is 1. The summed E-state index contributed by atoms with van der Waals surface area (Å²) < 4.78 is 54.6. The maximum Gasteiger partial charge on any atom is 0.530 e. The lowest BCUT2D eigenvalue weighted by Crippen LogP contribution is -2.37. The van der Waals surface area contributed by atoms with Gasteiger partial charge in [0.15, 0.2) is 24.0 Å². The van der Waals surface area contributed by atoms with E-state index in [9.17, 15) is 24.1 Å². The maximum absolute atomic E-state index is 15.2. The van der Waals surface area contributed by atoms with Crippen molar-refractivity contribution < 1.29 is 41.9 Å². The highest BCUT2D eigenvalue weighted by Crippen LogP contribution is 2.57. The number of aliphatic hydroxyl groups excluding tert-OH is 1. The Morgan fingerprint density at radius 2 is 2.22 bits per heavy atom. The van der Waals surface area contributed by atoms with Gasteiger partial charge < -0.3 is 19.1 Å². The van der Waals surface area contributed by atoms with Gasteiger partial charge in [-0.05, 0) is 6.07 Å². The summed E-state index contributed by atoms with van der Waals surface area (Å²) >= 11 is 0. The third-order valence-corrected chi connectivity index (χ3v) is 6.17. The first-order chi connectivity index (χ1) is 15.2. The molecule has 0 saturated carbocycles. The second-order valence-corrected chi connectivity index (χ2v) is 8.66. The number of hydrogen-bond acceptors (Lipinski definition) is 10. The first-order valence-corrected chi connectivity index (χ1v) is 10.7. The molecule has 0 spiro atoms. The molecule has 12 nitrogen and oxygen atoms in total. The predicted octanol–water partition coefficient (Wildman–Crippen LogP) is 1.04. The molecule has 2 aromatic rings. The van der Waals surface area contributed by atoms with Gasteiger partial charge in [-0.15, -0.1) is 0 Å². The van der Waals surface area contributed by atoms with Crippen molar-refractivity contribution in [1.29, 1.82) is 0 Å². The van der Waals surface area contributed by atoms with Crippen LogP contribution >= 0.6 is 7.82 Å². The Bertz CT molecular complexity index is 1200. The van der Waals surface area contributed by atoms with Crippen molar-refractivity contribution in [2.45, 2.75) is 31.2 Å². The molecular weight excluding hydrogens is 454 g/mol. The Morgan fingerprint density at radius 3 is 2.94 bits per heavy atom. The van der Waals surface area contributed by atoms with Crippen molar-refractivity contribution >= 4 is 14.1 Å². The number of H-pyrrole nitrogens is 1. The second kappa shape index (κ2) is 8.26. The molecule has 0 bridgehead atoms. The fraction of sp³-hybridized carbons (Fsp3) is 0.389. The Labute approximate surface area is 179 Å². The Hall–Kier alpha value is -2.83. The summed E-state index contributed by atoms with van der Waals surface area (Å²) in [5.41, 5.74) is -1.84. The lowest BCUT2D eigenvalue weighted by Gasteiger charge is -2.28. The summed E-state index contributed by atoms with van der Waals surface area (Å²) in [6.45, 7) is -1.11. The van der Waals surface area contributed by atoms with E-state index in [1.807, 2.05) is 4.98 Å². The van der Waals surface area contributed by atoms with Crippen LogP contribution in [0.2, 0.25) is 0 Å².